The Balaban J connectivity index is 2.39. The van der Waals surface area contributed by atoms with Crippen LogP contribution in [0.15, 0.2) is 48.5 Å². The van der Waals surface area contributed by atoms with E-state index in [4.69, 9.17) is 15.6 Å². The molecule has 0 fully saturated rings. The molecule has 0 amide bonds. The fourth-order valence-electron chi connectivity index (χ4n) is 1.67. The van der Waals surface area contributed by atoms with Crippen molar-refractivity contribution in [1.29, 1.82) is 0 Å². The van der Waals surface area contributed by atoms with Gasteiger partial charge in [-0.05, 0) is 17.7 Å². The van der Waals surface area contributed by atoms with E-state index in [9.17, 15) is 0 Å². The molecule has 0 unspecified atom stereocenters. The van der Waals surface area contributed by atoms with Crippen molar-refractivity contribution in [1.82, 2.24) is 0 Å². The van der Waals surface area contributed by atoms with Crippen LogP contribution < -0.4 is 10.5 Å². The number of anilines is 1. The van der Waals surface area contributed by atoms with Gasteiger partial charge in [0.25, 0.3) is 0 Å². The van der Waals surface area contributed by atoms with Gasteiger partial charge in [-0.3, -0.25) is 0 Å². The van der Waals surface area contributed by atoms with Gasteiger partial charge in [-0.2, -0.15) is 0 Å². The topological polar surface area (TPSA) is 55.5 Å². The molecule has 0 bridgehead atoms. The van der Waals surface area contributed by atoms with Crippen LogP contribution in [0, 0.1) is 0 Å². The molecule has 0 aliphatic rings. The van der Waals surface area contributed by atoms with Crippen molar-refractivity contribution in [3.63, 3.8) is 0 Å². The molecule has 0 aliphatic carbocycles. The summed E-state index contributed by atoms with van der Waals surface area (Å²) in [6.07, 6.45) is 0. The number of aliphatic hydroxyl groups excluding tert-OH is 1. The van der Waals surface area contributed by atoms with Crippen LogP contribution in [0.1, 0.15) is 0 Å². The Labute approximate surface area is 100 Å². The zero-order valence-electron chi connectivity index (χ0n) is 9.47. The maximum absolute atomic E-state index is 8.80. The normalized spacial score (nSPS) is 10.2. The van der Waals surface area contributed by atoms with Crippen molar-refractivity contribution in [2.45, 2.75) is 0 Å². The van der Waals surface area contributed by atoms with Gasteiger partial charge in [0.2, 0.25) is 0 Å². The molecular weight excluding hydrogens is 214 g/mol. The first-order valence-electron chi connectivity index (χ1n) is 5.50. The van der Waals surface area contributed by atoms with E-state index in [-0.39, 0.29) is 13.2 Å². The van der Waals surface area contributed by atoms with Crippen LogP contribution >= 0.6 is 0 Å². The standard InChI is InChI=1S/C14H15NO2/c15-12-6-7-13(11-4-2-1-3-5-11)14(10-12)17-9-8-16/h1-7,10,16H,8-9,15H2. The van der Waals surface area contributed by atoms with E-state index in [0.717, 1.165) is 11.1 Å². The van der Waals surface area contributed by atoms with E-state index >= 15 is 0 Å². The Bertz CT molecular complexity index is 483. The summed E-state index contributed by atoms with van der Waals surface area (Å²) in [6.45, 7) is 0.256. The first-order chi connectivity index (χ1) is 8.31. The quantitative estimate of drug-likeness (QED) is 0.791. The van der Waals surface area contributed by atoms with Crippen LogP contribution in [0.4, 0.5) is 5.69 Å². The van der Waals surface area contributed by atoms with E-state index in [0.29, 0.717) is 11.4 Å². The molecule has 3 nitrogen and oxygen atoms in total. The van der Waals surface area contributed by atoms with Gasteiger partial charge in [0.15, 0.2) is 0 Å². The largest absolute Gasteiger partial charge is 0.490 e. The fraction of sp³-hybridized carbons (Fsp3) is 0.143. The first-order valence-corrected chi connectivity index (χ1v) is 5.50. The number of nitrogen functional groups attached to an aromatic ring is 1. The third-order valence-corrected chi connectivity index (χ3v) is 2.44. The SMILES string of the molecule is Nc1ccc(-c2ccccc2)c(OCCO)c1. The van der Waals surface area contributed by atoms with Gasteiger partial charge in [-0.1, -0.05) is 30.3 Å². The molecule has 3 heteroatoms. The Kier molecular flexibility index (Phi) is 3.62. The number of hydrogen-bond donors (Lipinski definition) is 2. The Morgan fingerprint density at radius 1 is 1.06 bits per heavy atom. The summed E-state index contributed by atoms with van der Waals surface area (Å²) < 4.78 is 5.49. The van der Waals surface area contributed by atoms with Crippen LogP contribution in [-0.4, -0.2) is 18.3 Å². The Morgan fingerprint density at radius 3 is 2.53 bits per heavy atom. The van der Waals surface area contributed by atoms with Gasteiger partial charge >= 0.3 is 0 Å². The number of nitrogens with two attached hydrogens (primary N) is 1. The summed E-state index contributed by atoms with van der Waals surface area (Å²) in [4.78, 5) is 0. The molecule has 0 atom stereocenters. The van der Waals surface area contributed by atoms with Crippen molar-refractivity contribution < 1.29 is 9.84 Å². The number of rotatable bonds is 4. The van der Waals surface area contributed by atoms with E-state index in [2.05, 4.69) is 0 Å². The van der Waals surface area contributed by atoms with E-state index in [1.54, 1.807) is 6.07 Å². The summed E-state index contributed by atoms with van der Waals surface area (Å²) in [5.41, 5.74) is 8.44. The molecule has 0 spiro atoms. The summed E-state index contributed by atoms with van der Waals surface area (Å²) >= 11 is 0. The maximum Gasteiger partial charge on any atom is 0.129 e. The smallest absolute Gasteiger partial charge is 0.129 e. The van der Waals surface area contributed by atoms with Gasteiger partial charge in [-0.15, -0.1) is 0 Å². The predicted octanol–water partition coefficient (Wildman–Crippen LogP) is 2.31. The third kappa shape index (κ3) is 2.77. The average Bonchev–Trinajstić information content (AvgIpc) is 2.37. The molecule has 88 valence electrons. The number of ether oxygens (including phenoxy) is 1. The minimum atomic E-state index is -0.0109. The minimum absolute atomic E-state index is 0.0109. The van der Waals surface area contributed by atoms with Gasteiger partial charge in [0, 0.05) is 17.3 Å². The van der Waals surface area contributed by atoms with Crippen LogP contribution in [0.5, 0.6) is 5.75 Å². The lowest BCUT2D eigenvalue weighted by atomic mass is 10.0. The summed E-state index contributed by atoms with van der Waals surface area (Å²) in [6, 6.07) is 15.5. The number of hydrogen-bond acceptors (Lipinski definition) is 3. The van der Waals surface area contributed by atoms with Gasteiger partial charge < -0.3 is 15.6 Å². The molecule has 0 heterocycles. The predicted molar refractivity (Wildman–Crippen MR) is 68.9 cm³/mol. The Hall–Kier alpha value is -2.00. The molecule has 0 saturated carbocycles. The van der Waals surface area contributed by atoms with Crippen molar-refractivity contribution >= 4 is 5.69 Å². The number of benzene rings is 2. The fourth-order valence-corrected chi connectivity index (χ4v) is 1.67. The van der Waals surface area contributed by atoms with Crippen LogP contribution in [0.3, 0.4) is 0 Å². The molecule has 2 aromatic rings. The van der Waals surface area contributed by atoms with Gasteiger partial charge in [0.1, 0.15) is 12.4 Å². The lowest BCUT2D eigenvalue weighted by molar-refractivity contribution is 0.202. The third-order valence-electron chi connectivity index (χ3n) is 2.44. The summed E-state index contributed by atoms with van der Waals surface area (Å²) in [5, 5.41) is 8.80. The first kappa shape index (κ1) is 11.5. The lowest BCUT2D eigenvalue weighted by Gasteiger charge is -2.11. The average molecular weight is 229 g/mol. The van der Waals surface area contributed by atoms with E-state index in [1.807, 2.05) is 42.5 Å². The molecule has 0 aromatic heterocycles. The number of aliphatic hydroxyl groups is 1. The molecule has 2 aromatic carbocycles. The molecule has 0 aliphatic heterocycles. The van der Waals surface area contributed by atoms with Crippen LogP contribution in [0.2, 0.25) is 0 Å². The molecule has 0 saturated heterocycles. The second kappa shape index (κ2) is 5.37. The van der Waals surface area contributed by atoms with Gasteiger partial charge in [-0.25, -0.2) is 0 Å². The van der Waals surface area contributed by atoms with Crippen molar-refractivity contribution in [2.24, 2.45) is 0 Å². The van der Waals surface area contributed by atoms with E-state index < -0.39 is 0 Å². The zero-order valence-corrected chi connectivity index (χ0v) is 9.47. The molecule has 3 N–H and O–H groups in total. The lowest BCUT2D eigenvalue weighted by Crippen LogP contribution is -2.03. The zero-order chi connectivity index (χ0) is 12.1. The van der Waals surface area contributed by atoms with Crippen LogP contribution in [0.25, 0.3) is 11.1 Å². The van der Waals surface area contributed by atoms with E-state index in [1.165, 1.54) is 0 Å². The van der Waals surface area contributed by atoms with Crippen LogP contribution in [-0.2, 0) is 0 Å². The second-order valence-electron chi connectivity index (χ2n) is 3.69. The molecular formula is C14H15NO2. The minimum Gasteiger partial charge on any atom is -0.490 e. The molecule has 17 heavy (non-hydrogen) atoms. The van der Waals surface area contributed by atoms with Crippen molar-refractivity contribution in [3.05, 3.63) is 48.5 Å². The highest BCUT2D eigenvalue weighted by Crippen LogP contribution is 2.31. The second-order valence-corrected chi connectivity index (χ2v) is 3.69. The monoisotopic (exact) mass is 229 g/mol. The van der Waals surface area contributed by atoms with Crippen molar-refractivity contribution in [2.75, 3.05) is 18.9 Å². The molecule has 2 rings (SSSR count). The highest BCUT2D eigenvalue weighted by molar-refractivity contribution is 5.72. The molecule has 0 radical (unpaired) electrons. The Morgan fingerprint density at radius 2 is 1.82 bits per heavy atom. The van der Waals surface area contributed by atoms with Crippen molar-refractivity contribution in [3.8, 4) is 16.9 Å². The highest BCUT2D eigenvalue weighted by atomic mass is 16.5. The highest BCUT2D eigenvalue weighted by Gasteiger charge is 2.06. The van der Waals surface area contributed by atoms with Gasteiger partial charge in [0.05, 0.1) is 6.61 Å². The summed E-state index contributed by atoms with van der Waals surface area (Å²) in [5.74, 6) is 0.699. The summed E-state index contributed by atoms with van der Waals surface area (Å²) in [7, 11) is 0. The maximum atomic E-state index is 8.80.